The molecular formula is C18H17NO6. The molecule has 0 aliphatic rings. The van der Waals surface area contributed by atoms with Crippen molar-refractivity contribution in [3.05, 3.63) is 59.7 Å². The maximum atomic E-state index is 11.9. The van der Waals surface area contributed by atoms with Gasteiger partial charge in [0.25, 0.3) is 0 Å². The van der Waals surface area contributed by atoms with E-state index in [0.29, 0.717) is 11.1 Å². The zero-order valence-corrected chi connectivity index (χ0v) is 13.1. The molecule has 1 unspecified atom stereocenters. The largest absolute Gasteiger partial charge is 0.508 e. The molecule has 0 aromatic heterocycles. The Hall–Kier alpha value is -3.48. The normalized spacial score (nSPS) is 12.0. The molecule has 7 nitrogen and oxygen atoms in total. The lowest BCUT2D eigenvalue weighted by Crippen LogP contribution is -2.41. The van der Waals surface area contributed by atoms with Crippen LogP contribution in [0.5, 0.6) is 17.2 Å². The van der Waals surface area contributed by atoms with E-state index in [0.717, 1.165) is 0 Å². The van der Waals surface area contributed by atoms with Gasteiger partial charge in [0.1, 0.15) is 11.8 Å². The van der Waals surface area contributed by atoms with Crippen molar-refractivity contribution in [3.8, 4) is 17.2 Å². The number of carboxylic acid groups (broad SMARTS) is 1. The number of carbonyl (C=O) groups excluding carboxylic acids is 1. The second-order valence-electron chi connectivity index (χ2n) is 5.35. The van der Waals surface area contributed by atoms with E-state index < -0.39 is 17.9 Å². The van der Waals surface area contributed by atoms with E-state index in [-0.39, 0.29) is 23.7 Å². The molecule has 7 heteroatoms. The van der Waals surface area contributed by atoms with Gasteiger partial charge in [-0.15, -0.1) is 0 Å². The number of aliphatic carboxylic acids is 1. The fraction of sp³-hybridized carbons (Fsp3) is 0.111. The van der Waals surface area contributed by atoms with Crippen LogP contribution in [0.2, 0.25) is 0 Å². The number of hydrogen-bond acceptors (Lipinski definition) is 5. The highest BCUT2D eigenvalue weighted by Gasteiger charge is 2.20. The molecule has 0 bridgehead atoms. The van der Waals surface area contributed by atoms with Crippen LogP contribution in [-0.2, 0) is 16.0 Å². The molecule has 0 spiro atoms. The van der Waals surface area contributed by atoms with Gasteiger partial charge in [0.2, 0.25) is 5.91 Å². The van der Waals surface area contributed by atoms with E-state index in [1.54, 1.807) is 12.1 Å². The summed E-state index contributed by atoms with van der Waals surface area (Å²) >= 11 is 0. The van der Waals surface area contributed by atoms with Crippen molar-refractivity contribution in [1.82, 2.24) is 5.32 Å². The van der Waals surface area contributed by atoms with E-state index >= 15 is 0 Å². The molecule has 0 heterocycles. The number of phenolic OH excluding ortho intramolecular Hbond substituents is 3. The molecule has 0 radical (unpaired) electrons. The molecule has 5 N–H and O–H groups in total. The van der Waals surface area contributed by atoms with Gasteiger partial charge in [0.15, 0.2) is 11.5 Å². The highest BCUT2D eigenvalue weighted by atomic mass is 16.4. The summed E-state index contributed by atoms with van der Waals surface area (Å²) in [6, 6.07) is 8.90. The number of phenols is 3. The molecule has 0 fully saturated rings. The second-order valence-corrected chi connectivity index (χ2v) is 5.35. The summed E-state index contributed by atoms with van der Waals surface area (Å²) in [5.41, 5.74) is 1.12. The third kappa shape index (κ3) is 5.28. The van der Waals surface area contributed by atoms with Crippen molar-refractivity contribution in [2.45, 2.75) is 12.5 Å². The van der Waals surface area contributed by atoms with Gasteiger partial charge in [0, 0.05) is 12.5 Å². The first-order valence-electron chi connectivity index (χ1n) is 7.36. The zero-order valence-electron chi connectivity index (χ0n) is 13.1. The van der Waals surface area contributed by atoms with Gasteiger partial charge in [-0.1, -0.05) is 18.2 Å². The average Bonchev–Trinajstić information content (AvgIpc) is 2.57. The Balaban J connectivity index is 2.02. The first kappa shape index (κ1) is 17.9. The van der Waals surface area contributed by atoms with Crippen LogP contribution in [0.4, 0.5) is 0 Å². The molecule has 25 heavy (non-hydrogen) atoms. The van der Waals surface area contributed by atoms with Crippen LogP contribution in [0, 0.1) is 0 Å². The minimum Gasteiger partial charge on any atom is -0.508 e. The summed E-state index contributed by atoms with van der Waals surface area (Å²) in [5.74, 6) is -2.39. The Morgan fingerprint density at radius 3 is 2.28 bits per heavy atom. The van der Waals surface area contributed by atoms with Crippen molar-refractivity contribution in [2.24, 2.45) is 0 Å². The summed E-state index contributed by atoms with van der Waals surface area (Å²) in [5, 5.41) is 39.5. The maximum absolute atomic E-state index is 11.9. The van der Waals surface area contributed by atoms with Crippen LogP contribution in [0.15, 0.2) is 48.5 Å². The van der Waals surface area contributed by atoms with Gasteiger partial charge in [0.05, 0.1) is 0 Å². The van der Waals surface area contributed by atoms with Gasteiger partial charge in [-0.25, -0.2) is 4.79 Å². The Morgan fingerprint density at radius 2 is 1.68 bits per heavy atom. The summed E-state index contributed by atoms with van der Waals surface area (Å²) < 4.78 is 0. The number of hydrogen-bond donors (Lipinski definition) is 5. The number of nitrogens with one attached hydrogen (secondary N) is 1. The molecule has 1 amide bonds. The molecule has 2 aromatic carbocycles. The van der Waals surface area contributed by atoms with Gasteiger partial charge in [-0.3, -0.25) is 4.79 Å². The number of carboxylic acids is 1. The number of benzene rings is 2. The van der Waals surface area contributed by atoms with Gasteiger partial charge >= 0.3 is 5.97 Å². The quantitative estimate of drug-likeness (QED) is 0.401. The van der Waals surface area contributed by atoms with Crippen LogP contribution in [0.25, 0.3) is 6.08 Å². The molecule has 2 rings (SSSR count). The third-order valence-corrected chi connectivity index (χ3v) is 3.41. The topological polar surface area (TPSA) is 127 Å². The fourth-order valence-electron chi connectivity index (χ4n) is 2.11. The van der Waals surface area contributed by atoms with Crippen LogP contribution in [0.3, 0.4) is 0 Å². The summed E-state index contributed by atoms with van der Waals surface area (Å²) in [6.07, 6.45) is 2.62. The molecule has 0 saturated heterocycles. The molecule has 130 valence electrons. The molecule has 1 atom stereocenters. The predicted molar refractivity (Wildman–Crippen MR) is 90.2 cm³/mol. The standard InChI is InChI=1S/C18H17NO6/c20-13-5-1-11(2-6-13)4-8-17(23)19-14(18(24)25)9-12-3-7-15(21)16(22)10-12/h1-8,10,14,20-22H,9H2,(H,19,23)(H,24,25)/b8-4+. The first-order chi connectivity index (χ1) is 11.8. The molecular weight excluding hydrogens is 326 g/mol. The number of rotatable bonds is 6. The van der Waals surface area contributed by atoms with E-state index in [4.69, 9.17) is 0 Å². The van der Waals surface area contributed by atoms with Crippen molar-refractivity contribution in [2.75, 3.05) is 0 Å². The minimum absolute atomic E-state index is 0.0536. The summed E-state index contributed by atoms with van der Waals surface area (Å²) in [7, 11) is 0. The van der Waals surface area contributed by atoms with E-state index in [1.165, 1.54) is 42.5 Å². The van der Waals surface area contributed by atoms with Crippen molar-refractivity contribution in [1.29, 1.82) is 0 Å². The molecule has 2 aromatic rings. The maximum Gasteiger partial charge on any atom is 0.326 e. The number of carbonyl (C=O) groups is 2. The zero-order chi connectivity index (χ0) is 18.4. The lowest BCUT2D eigenvalue weighted by Gasteiger charge is -2.13. The Morgan fingerprint density at radius 1 is 1.00 bits per heavy atom. The fourth-order valence-corrected chi connectivity index (χ4v) is 2.11. The van der Waals surface area contributed by atoms with Crippen LogP contribution < -0.4 is 5.32 Å². The van der Waals surface area contributed by atoms with Crippen LogP contribution in [0.1, 0.15) is 11.1 Å². The molecule has 0 aliphatic carbocycles. The van der Waals surface area contributed by atoms with Crippen molar-refractivity contribution < 1.29 is 30.0 Å². The number of aromatic hydroxyl groups is 3. The predicted octanol–water partition coefficient (Wildman–Crippen LogP) is 1.63. The lowest BCUT2D eigenvalue weighted by molar-refractivity contribution is -0.141. The Bertz CT molecular complexity index is 798. The number of amides is 1. The Labute approximate surface area is 143 Å². The van der Waals surface area contributed by atoms with E-state index in [2.05, 4.69) is 5.32 Å². The first-order valence-corrected chi connectivity index (χ1v) is 7.36. The van der Waals surface area contributed by atoms with Crippen molar-refractivity contribution >= 4 is 18.0 Å². The van der Waals surface area contributed by atoms with E-state index in [9.17, 15) is 30.0 Å². The average molecular weight is 343 g/mol. The molecule has 0 aliphatic heterocycles. The van der Waals surface area contributed by atoms with Crippen LogP contribution in [-0.4, -0.2) is 38.3 Å². The monoisotopic (exact) mass is 343 g/mol. The van der Waals surface area contributed by atoms with Gasteiger partial charge in [-0.05, 0) is 41.5 Å². The Kier molecular flexibility index (Phi) is 5.62. The highest BCUT2D eigenvalue weighted by Crippen LogP contribution is 2.25. The van der Waals surface area contributed by atoms with E-state index in [1.807, 2.05) is 0 Å². The molecule has 0 saturated carbocycles. The smallest absolute Gasteiger partial charge is 0.326 e. The van der Waals surface area contributed by atoms with Gasteiger partial charge < -0.3 is 25.7 Å². The van der Waals surface area contributed by atoms with Crippen molar-refractivity contribution in [3.63, 3.8) is 0 Å². The lowest BCUT2D eigenvalue weighted by atomic mass is 10.1. The minimum atomic E-state index is -1.22. The third-order valence-electron chi connectivity index (χ3n) is 3.41. The highest BCUT2D eigenvalue weighted by molar-refractivity contribution is 5.94. The summed E-state index contributed by atoms with van der Waals surface area (Å²) in [6.45, 7) is 0. The van der Waals surface area contributed by atoms with Gasteiger partial charge in [-0.2, -0.15) is 0 Å². The SMILES string of the molecule is O=C(/C=C/c1ccc(O)cc1)NC(Cc1ccc(O)c(O)c1)C(=O)O. The second kappa shape index (κ2) is 7.87. The summed E-state index contributed by atoms with van der Waals surface area (Å²) in [4.78, 5) is 23.2. The van der Waals surface area contributed by atoms with Crippen LogP contribution >= 0.6 is 0 Å².